The van der Waals surface area contributed by atoms with Crippen molar-refractivity contribution >= 4 is 78.3 Å². The highest BCUT2D eigenvalue weighted by atomic mass is 35.5. The van der Waals surface area contributed by atoms with Crippen LogP contribution in [0.5, 0.6) is 11.5 Å². The van der Waals surface area contributed by atoms with Crippen LogP contribution in [-0.2, 0) is 6.42 Å². The molecule has 49 heavy (non-hydrogen) atoms. The highest BCUT2D eigenvalue weighted by molar-refractivity contribution is 7.17. The Balaban J connectivity index is 1.08. The summed E-state index contributed by atoms with van der Waals surface area (Å²) in [5, 5.41) is 14.4. The first kappa shape index (κ1) is 31.4. The average molecular weight is 696 g/mol. The van der Waals surface area contributed by atoms with Crippen LogP contribution < -0.4 is 9.64 Å². The second kappa shape index (κ2) is 12.2. The van der Waals surface area contributed by atoms with Crippen LogP contribution in [0.4, 0.5) is 10.5 Å². The minimum Gasteiger partial charge on any atom is -0.508 e. The lowest BCUT2D eigenvalue weighted by Crippen LogP contribution is -2.48. The Labute approximate surface area is 290 Å². The highest BCUT2D eigenvalue weighted by Crippen LogP contribution is 2.49. The largest absolute Gasteiger partial charge is 0.508 e. The van der Waals surface area contributed by atoms with E-state index in [0.29, 0.717) is 48.3 Å². The van der Waals surface area contributed by atoms with Crippen molar-refractivity contribution in [2.45, 2.75) is 19.3 Å². The van der Waals surface area contributed by atoms with Crippen LogP contribution in [0.25, 0.3) is 31.9 Å². The number of carbonyl (C=O) groups is 3. The standard InChI is InChI=1S/C37H34ClN5O5S/c1-20-19-49-35-32(48-37(47)42-9-7-41(2)8-10-42)16-30-34(33(20)35)24(17-38)18-43(30)36(46)29-15-22-11-21(3-5-26(22)40-29)12-31(45)28-14-23-13-25(44)4-6-27(23)39-28/h3-6,11,13-16,19,24,39-40,44H,7-10,12,17-18H2,1-2H3/t24-/m1/s1. The number of ether oxygens (including phenoxy) is 1. The number of likely N-dealkylation sites (N-methyl/N-ethyl adjacent to an activating group) is 1. The highest BCUT2D eigenvalue weighted by Gasteiger charge is 2.37. The minimum absolute atomic E-state index is 0.0816. The SMILES string of the molecule is Cc1csc2c(OC(=O)N3CCN(C)CC3)cc3c(c12)[C@H](CCl)CN3C(=O)c1cc2cc(CC(=O)c3cc4cc(O)ccc4[nH]3)ccc2[nH]1. The molecule has 250 valence electrons. The number of aromatic hydroxyl groups is 1. The van der Waals surface area contributed by atoms with Crippen LogP contribution in [0.3, 0.4) is 0 Å². The Morgan fingerprint density at radius 1 is 0.959 bits per heavy atom. The van der Waals surface area contributed by atoms with Gasteiger partial charge in [-0.1, -0.05) is 6.07 Å². The number of thiophene rings is 1. The van der Waals surface area contributed by atoms with E-state index >= 15 is 0 Å². The number of nitrogens with zero attached hydrogens (tertiary/aromatic N) is 3. The first-order valence-corrected chi connectivity index (χ1v) is 17.6. The fraction of sp³-hybridized carbons (Fsp3) is 0.270. The van der Waals surface area contributed by atoms with Crippen LogP contribution in [0.15, 0.2) is 60.0 Å². The van der Waals surface area contributed by atoms with Gasteiger partial charge in [-0.15, -0.1) is 22.9 Å². The Bertz CT molecular complexity index is 2300. The molecule has 2 aliphatic heterocycles. The van der Waals surface area contributed by atoms with Crippen molar-refractivity contribution in [3.63, 3.8) is 0 Å². The second-order valence-electron chi connectivity index (χ2n) is 13.0. The molecular formula is C37H34ClN5O5S. The van der Waals surface area contributed by atoms with Crippen molar-refractivity contribution in [3.05, 3.63) is 88.1 Å². The molecule has 12 heteroatoms. The summed E-state index contributed by atoms with van der Waals surface area (Å²) < 4.78 is 6.93. The zero-order valence-electron chi connectivity index (χ0n) is 27.0. The maximum atomic E-state index is 14.2. The molecule has 1 fully saturated rings. The number of aromatic amines is 2. The quantitative estimate of drug-likeness (QED) is 0.127. The molecule has 6 aromatic rings. The number of benzene rings is 3. The minimum atomic E-state index is -0.390. The summed E-state index contributed by atoms with van der Waals surface area (Å²) in [5.74, 6) is 0.540. The fourth-order valence-corrected chi connectivity index (χ4v) is 8.32. The van der Waals surface area contributed by atoms with Gasteiger partial charge < -0.3 is 34.5 Å². The van der Waals surface area contributed by atoms with E-state index in [1.807, 2.05) is 44.3 Å². The van der Waals surface area contributed by atoms with Crippen molar-refractivity contribution in [2.75, 3.05) is 50.6 Å². The number of hydrogen-bond acceptors (Lipinski definition) is 7. The van der Waals surface area contributed by atoms with Gasteiger partial charge in [0.2, 0.25) is 0 Å². The van der Waals surface area contributed by atoms with Gasteiger partial charge in [0, 0.05) is 84.2 Å². The normalized spacial score (nSPS) is 16.6. The maximum absolute atomic E-state index is 14.2. The van der Waals surface area contributed by atoms with Crippen LogP contribution >= 0.6 is 22.9 Å². The molecule has 0 unspecified atom stereocenters. The van der Waals surface area contributed by atoms with Gasteiger partial charge in [0.1, 0.15) is 11.4 Å². The van der Waals surface area contributed by atoms with Crippen LogP contribution in [0.1, 0.15) is 43.6 Å². The number of phenolic OH excluding ortho intramolecular Hbond substituents is 1. The van der Waals surface area contributed by atoms with Gasteiger partial charge in [-0.3, -0.25) is 9.59 Å². The summed E-state index contributed by atoms with van der Waals surface area (Å²) in [6.45, 7) is 5.18. The predicted octanol–water partition coefficient (Wildman–Crippen LogP) is 7.03. The number of aryl methyl sites for hydroxylation is 1. The summed E-state index contributed by atoms with van der Waals surface area (Å²) in [6.07, 6.45) is -0.218. The molecule has 8 rings (SSSR count). The molecular weight excluding hydrogens is 662 g/mol. The molecule has 3 aromatic heterocycles. The van der Waals surface area contributed by atoms with Crippen LogP contribution in [0, 0.1) is 6.92 Å². The van der Waals surface area contributed by atoms with E-state index < -0.39 is 0 Å². The molecule has 0 aliphatic carbocycles. The number of piperazine rings is 1. The number of alkyl halides is 1. The van der Waals surface area contributed by atoms with Gasteiger partial charge >= 0.3 is 6.09 Å². The molecule has 0 spiro atoms. The maximum Gasteiger partial charge on any atom is 0.415 e. The number of fused-ring (bicyclic) bond motifs is 5. The zero-order chi connectivity index (χ0) is 34.0. The number of H-pyrrole nitrogens is 2. The molecule has 3 N–H and O–H groups in total. The second-order valence-corrected chi connectivity index (χ2v) is 14.2. The third-order valence-corrected chi connectivity index (χ3v) is 11.2. The van der Waals surface area contributed by atoms with Crippen molar-refractivity contribution in [1.29, 1.82) is 0 Å². The first-order chi connectivity index (χ1) is 23.7. The van der Waals surface area contributed by atoms with Gasteiger partial charge in [-0.05, 0) is 78.5 Å². The monoisotopic (exact) mass is 695 g/mol. The summed E-state index contributed by atoms with van der Waals surface area (Å²) in [5.41, 5.74) is 6.00. The summed E-state index contributed by atoms with van der Waals surface area (Å²) in [7, 11) is 2.04. The van der Waals surface area contributed by atoms with Crippen LogP contribution in [0.2, 0.25) is 0 Å². The predicted molar refractivity (Wildman–Crippen MR) is 193 cm³/mol. The molecule has 2 aliphatic rings. The van der Waals surface area contributed by atoms with Gasteiger partial charge in [0.15, 0.2) is 11.5 Å². The third-order valence-electron chi connectivity index (χ3n) is 9.69. The van der Waals surface area contributed by atoms with Gasteiger partial charge in [0.25, 0.3) is 5.91 Å². The van der Waals surface area contributed by atoms with Crippen LogP contribution in [-0.4, -0.2) is 88.3 Å². The van der Waals surface area contributed by atoms with Gasteiger partial charge in [0.05, 0.1) is 16.1 Å². The molecule has 0 saturated carbocycles. The van der Waals surface area contributed by atoms with Gasteiger partial charge in [-0.25, -0.2) is 4.79 Å². The number of carbonyl (C=O) groups excluding carboxylic acids is 3. The van der Waals surface area contributed by atoms with E-state index in [1.165, 1.54) is 11.3 Å². The number of aromatic nitrogens is 2. The van der Waals surface area contributed by atoms with Crippen molar-refractivity contribution in [3.8, 4) is 11.5 Å². The topological polar surface area (TPSA) is 122 Å². The molecule has 3 aromatic carbocycles. The molecule has 0 radical (unpaired) electrons. The van der Waals surface area contributed by atoms with E-state index in [2.05, 4.69) is 20.2 Å². The summed E-state index contributed by atoms with van der Waals surface area (Å²) in [6, 6.07) is 16.0. The molecule has 2 amide bonds. The molecule has 0 bridgehead atoms. The number of halogens is 1. The Morgan fingerprint density at radius 2 is 1.67 bits per heavy atom. The van der Waals surface area contributed by atoms with E-state index in [4.69, 9.17) is 16.3 Å². The van der Waals surface area contributed by atoms with Crippen molar-refractivity contribution in [2.24, 2.45) is 0 Å². The number of anilines is 1. The molecule has 1 saturated heterocycles. The Morgan fingerprint density at radius 3 is 2.45 bits per heavy atom. The number of phenols is 1. The Hall–Kier alpha value is -4.84. The molecule has 1 atom stereocenters. The number of ketones is 1. The smallest absolute Gasteiger partial charge is 0.415 e. The Kier molecular flexibility index (Phi) is 7.85. The van der Waals surface area contributed by atoms with E-state index in [-0.39, 0.29) is 35.9 Å². The average Bonchev–Trinajstić information content (AvgIpc) is 3.88. The van der Waals surface area contributed by atoms with E-state index in [9.17, 15) is 19.5 Å². The molecule has 10 nitrogen and oxygen atoms in total. The number of amides is 2. The van der Waals surface area contributed by atoms with E-state index in [1.54, 1.807) is 34.1 Å². The van der Waals surface area contributed by atoms with Crippen molar-refractivity contribution in [1.82, 2.24) is 19.8 Å². The van der Waals surface area contributed by atoms with Crippen molar-refractivity contribution < 1.29 is 24.2 Å². The van der Waals surface area contributed by atoms with E-state index in [0.717, 1.165) is 61.7 Å². The third kappa shape index (κ3) is 5.61. The summed E-state index contributed by atoms with van der Waals surface area (Å²) in [4.78, 5) is 52.7. The lowest BCUT2D eigenvalue weighted by molar-refractivity contribution is 0.0978. The summed E-state index contributed by atoms with van der Waals surface area (Å²) >= 11 is 8.06. The molecule has 5 heterocycles. The number of rotatable bonds is 6. The number of Topliss-reactive ketones (excluding diaryl/α,β-unsaturated/α-hetero) is 1. The number of nitrogens with one attached hydrogen (secondary N) is 2. The first-order valence-electron chi connectivity index (χ1n) is 16.2. The lowest BCUT2D eigenvalue weighted by atomic mass is 9.97. The van der Waals surface area contributed by atoms with Gasteiger partial charge in [-0.2, -0.15) is 0 Å². The fourth-order valence-electron chi connectivity index (χ4n) is 7.05. The number of hydrogen-bond donors (Lipinski definition) is 3. The zero-order valence-corrected chi connectivity index (χ0v) is 28.6. The lowest BCUT2D eigenvalue weighted by Gasteiger charge is -2.31.